The molecule has 25 heavy (non-hydrogen) atoms. The Hall–Kier alpha value is -2.56. The predicted molar refractivity (Wildman–Crippen MR) is 95.2 cm³/mol. The fraction of sp³-hybridized carbons (Fsp3) is 0.235. The van der Waals surface area contributed by atoms with E-state index in [9.17, 15) is 9.59 Å². The lowest BCUT2D eigenvalue weighted by atomic mass is 10.1. The van der Waals surface area contributed by atoms with Gasteiger partial charge in [-0.1, -0.05) is 11.6 Å². The summed E-state index contributed by atoms with van der Waals surface area (Å²) in [4.78, 5) is 25.0. The van der Waals surface area contributed by atoms with Crippen molar-refractivity contribution < 1.29 is 14.3 Å². The summed E-state index contributed by atoms with van der Waals surface area (Å²) in [5, 5.41) is 12.2. The molecule has 0 spiro atoms. The van der Waals surface area contributed by atoms with Crippen molar-refractivity contribution in [1.29, 1.82) is 5.26 Å². The average Bonchev–Trinajstić information content (AvgIpc) is 3.13. The van der Waals surface area contributed by atoms with Gasteiger partial charge in [0.05, 0.1) is 22.2 Å². The molecule has 0 atom stereocenters. The Morgan fingerprint density at radius 2 is 2.20 bits per heavy atom. The molecule has 128 valence electrons. The largest absolute Gasteiger partial charge is 0.482 e. The Kier molecular flexibility index (Phi) is 4.93. The molecule has 3 rings (SSSR count). The number of aryl methyl sites for hydroxylation is 1. The number of rotatable bonds is 5. The summed E-state index contributed by atoms with van der Waals surface area (Å²) in [6.45, 7) is -0.271. The monoisotopic (exact) mass is 375 g/mol. The number of primary amides is 1. The van der Waals surface area contributed by atoms with Gasteiger partial charge in [-0.15, -0.1) is 11.3 Å². The lowest BCUT2D eigenvalue weighted by Crippen LogP contribution is -2.22. The fourth-order valence-corrected chi connectivity index (χ4v) is 4.29. The Labute approximate surface area is 153 Å². The highest BCUT2D eigenvalue weighted by Gasteiger charge is 2.26. The summed E-state index contributed by atoms with van der Waals surface area (Å²) in [5.74, 6) is -0.645. The molecule has 0 fully saturated rings. The highest BCUT2D eigenvalue weighted by atomic mass is 35.5. The highest BCUT2D eigenvalue weighted by Crippen LogP contribution is 2.38. The molecule has 1 aliphatic rings. The van der Waals surface area contributed by atoms with Crippen molar-refractivity contribution in [3.05, 3.63) is 44.8 Å². The second-order valence-corrected chi connectivity index (χ2v) is 7.03. The van der Waals surface area contributed by atoms with Crippen molar-refractivity contribution in [2.24, 2.45) is 5.73 Å². The molecule has 0 saturated heterocycles. The van der Waals surface area contributed by atoms with Crippen LogP contribution < -0.4 is 15.8 Å². The van der Waals surface area contributed by atoms with E-state index in [0.717, 1.165) is 29.7 Å². The van der Waals surface area contributed by atoms with Crippen molar-refractivity contribution in [2.75, 3.05) is 11.9 Å². The lowest BCUT2D eigenvalue weighted by Gasteiger charge is -2.09. The van der Waals surface area contributed by atoms with E-state index in [1.54, 1.807) is 6.07 Å². The minimum Gasteiger partial charge on any atom is -0.482 e. The molecule has 2 aromatic rings. The number of ether oxygens (including phenoxy) is 1. The van der Waals surface area contributed by atoms with Crippen LogP contribution in [0, 0.1) is 11.3 Å². The highest BCUT2D eigenvalue weighted by molar-refractivity contribution is 7.17. The molecule has 1 aromatic carbocycles. The van der Waals surface area contributed by atoms with Crippen LogP contribution in [-0.2, 0) is 17.6 Å². The normalized spacial score (nSPS) is 12.3. The number of carbonyl (C=O) groups is 2. The SMILES string of the molecule is N#Cc1ccc(OCC(=O)Nc2sc3c(c2C(N)=O)CCC3)c(Cl)c1. The number of fused-ring (bicyclic) bond motifs is 1. The van der Waals surface area contributed by atoms with E-state index < -0.39 is 11.8 Å². The van der Waals surface area contributed by atoms with Crippen molar-refractivity contribution >= 4 is 39.8 Å². The molecular weight excluding hydrogens is 362 g/mol. The van der Waals surface area contributed by atoms with Crippen LogP contribution in [0.3, 0.4) is 0 Å². The first-order valence-corrected chi connectivity index (χ1v) is 8.75. The van der Waals surface area contributed by atoms with Gasteiger partial charge in [0.15, 0.2) is 6.61 Å². The minimum absolute atomic E-state index is 0.250. The van der Waals surface area contributed by atoms with Gasteiger partial charge in [-0.3, -0.25) is 9.59 Å². The molecule has 3 N–H and O–H groups in total. The van der Waals surface area contributed by atoms with Gasteiger partial charge in [-0.05, 0) is 43.0 Å². The van der Waals surface area contributed by atoms with E-state index in [-0.39, 0.29) is 11.6 Å². The zero-order valence-electron chi connectivity index (χ0n) is 13.1. The number of benzene rings is 1. The maximum Gasteiger partial charge on any atom is 0.262 e. The van der Waals surface area contributed by atoms with Gasteiger partial charge in [0.1, 0.15) is 10.8 Å². The van der Waals surface area contributed by atoms with Gasteiger partial charge < -0.3 is 15.8 Å². The minimum atomic E-state index is -0.536. The summed E-state index contributed by atoms with van der Waals surface area (Å²) in [5.41, 5.74) is 7.22. The number of halogens is 1. The number of anilines is 1. The molecule has 0 radical (unpaired) electrons. The van der Waals surface area contributed by atoms with Crippen LogP contribution in [-0.4, -0.2) is 18.4 Å². The first-order chi connectivity index (χ1) is 12.0. The van der Waals surface area contributed by atoms with E-state index >= 15 is 0 Å². The van der Waals surface area contributed by atoms with E-state index in [4.69, 9.17) is 27.3 Å². The number of nitrogens with zero attached hydrogens (tertiary/aromatic N) is 1. The zero-order valence-corrected chi connectivity index (χ0v) is 14.7. The number of nitriles is 1. The van der Waals surface area contributed by atoms with Crippen molar-refractivity contribution in [3.8, 4) is 11.8 Å². The maximum atomic E-state index is 12.1. The number of hydrogen-bond acceptors (Lipinski definition) is 5. The molecule has 0 saturated carbocycles. The Bertz CT molecular complexity index is 901. The second kappa shape index (κ2) is 7.13. The van der Waals surface area contributed by atoms with Crippen molar-refractivity contribution in [3.63, 3.8) is 0 Å². The van der Waals surface area contributed by atoms with Crippen LogP contribution in [0.2, 0.25) is 5.02 Å². The first kappa shape index (κ1) is 17.3. The Balaban J connectivity index is 1.68. The molecule has 0 aliphatic heterocycles. The van der Waals surface area contributed by atoms with Crippen molar-refractivity contribution in [2.45, 2.75) is 19.3 Å². The lowest BCUT2D eigenvalue weighted by molar-refractivity contribution is -0.118. The Morgan fingerprint density at radius 3 is 2.88 bits per heavy atom. The quantitative estimate of drug-likeness (QED) is 0.838. The smallest absolute Gasteiger partial charge is 0.262 e. The topological polar surface area (TPSA) is 105 Å². The van der Waals surface area contributed by atoms with E-state index in [2.05, 4.69) is 5.32 Å². The number of carbonyl (C=O) groups excluding carboxylic acids is 2. The molecule has 0 unspecified atom stereocenters. The molecular formula is C17H14ClN3O3S. The molecule has 1 aliphatic carbocycles. The second-order valence-electron chi connectivity index (χ2n) is 5.52. The third-order valence-electron chi connectivity index (χ3n) is 3.84. The third kappa shape index (κ3) is 3.60. The van der Waals surface area contributed by atoms with Gasteiger partial charge in [-0.2, -0.15) is 5.26 Å². The number of amides is 2. The van der Waals surface area contributed by atoms with Crippen LogP contribution in [0.25, 0.3) is 0 Å². The van der Waals surface area contributed by atoms with Crippen LogP contribution in [0.4, 0.5) is 5.00 Å². The van der Waals surface area contributed by atoms with Gasteiger partial charge in [-0.25, -0.2) is 0 Å². The van der Waals surface area contributed by atoms with Gasteiger partial charge in [0, 0.05) is 4.88 Å². The summed E-state index contributed by atoms with van der Waals surface area (Å²) in [7, 11) is 0. The molecule has 0 bridgehead atoms. The first-order valence-electron chi connectivity index (χ1n) is 7.56. The fourth-order valence-electron chi connectivity index (χ4n) is 2.75. The summed E-state index contributed by atoms with van der Waals surface area (Å²) in [6.07, 6.45) is 2.70. The number of thiophene rings is 1. The molecule has 1 aromatic heterocycles. The molecule has 8 heteroatoms. The summed E-state index contributed by atoms with van der Waals surface area (Å²) < 4.78 is 5.38. The van der Waals surface area contributed by atoms with E-state index in [1.165, 1.54) is 23.5 Å². The van der Waals surface area contributed by atoms with E-state index in [0.29, 0.717) is 21.9 Å². The van der Waals surface area contributed by atoms with Crippen LogP contribution >= 0.6 is 22.9 Å². The average molecular weight is 376 g/mol. The van der Waals surface area contributed by atoms with Crippen LogP contribution in [0.15, 0.2) is 18.2 Å². The van der Waals surface area contributed by atoms with Crippen molar-refractivity contribution in [1.82, 2.24) is 0 Å². The third-order valence-corrected chi connectivity index (χ3v) is 5.34. The summed E-state index contributed by atoms with van der Waals surface area (Å²) >= 11 is 7.39. The van der Waals surface area contributed by atoms with E-state index in [1.807, 2.05) is 6.07 Å². The molecule has 2 amide bonds. The van der Waals surface area contributed by atoms with Crippen LogP contribution in [0.1, 0.15) is 32.8 Å². The maximum absolute atomic E-state index is 12.1. The zero-order chi connectivity index (χ0) is 18.0. The molecule has 1 heterocycles. The predicted octanol–water partition coefficient (Wildman–Crippen LogP) is 2.88. The van der Waals surface area contributed by atoms with Crippen LogP contribution in [0.5, 0.6) is 5.75 Å². The standard InChI is InChI=1S/C17H14ClN3O3S/c18-11-6-9(7-19)4-5-12(11)24-8-14(22)21-17-15(16(20)23)10-2-1-3-13(10)25-17/h4-6H,1-3,8H2,(H2,20,23)(H,21,22). The van der Waals surface area contributed by atoms with Gasteiger partial charge >= 0.3 is 0 Å². The Morgan fingerprint density at radius 1 is 1.40 bits per heavy atom. The summed E-state index contributed by atoms with van der Waals surface area (Å²) in [6, 6.07) is 6.51. The number of nitrogens with two attached hydrogens (primary N) is 1. The number of nitrogens with one attached hydrogen (secondary N) is 1. The van der Waals surface area contributed by atoms with Gasteiger partial charge in [0.25, 0.3) is 11.8 Å². The molecule has 6 nitrogen and oxygen atoms in total. The van der Waals surface area contributed by atoms with Gasteiger partial charge in [0.2, 0.25) is 0 Å². The number of hydrogen-bond donors (Lipinski definition) is 2.